The second-order valence-corrected chi connectivity index (χ2v) is 2.88. The van der Waals surface area contributed by atoms with Crippen LogP contribution in [-0.2, 0) is 0 Å². The van der Waals surface area contributed by atoms with Crippen LogP contribution in [0.1, 0.15) is 12.5 Å². The Hall–Kier alpha value is -1.95. The Morgan fingerprint density at radius 1 is 1.36 bits per heavy atom. The first kappa shape index (κ1) is 10.1. The number of hydrogen-bond donors (Lipinski definition) is 1. The second-order valence-electron chi connectivity index (χ2n) is 2.88. The van der Waals surface area contributed by atoms with Crippen LogP contribution in [0.4, 0.5) is 0 Å². The van der Waals surface area contributed by atoms with E-state index in [4.69, 9.17) is 15.7 Å². The van der Waals surface area contributed by atoms with Crippen LogP contribution >= 0.6 is 0 Å². The van der Waals surface area contributed by atoms with Gasteiger partial charge in [0.05, 0.1) is 18.9 Å². The van der Waals surface area contributed by atoms with E-state index in [1.165, 1.54) is 0 Å². The summed E-state index contributed by atoms with van der Waals surface area (Å²) in [6, 6.07) is 9.30. The van der Waals surface area contributed by atoms with E-state index in [1.54, 1.807) is 14.0 Å². The van der Waals surface area contributed by atoms with E-state index in [1.807, 2.05) is 30.3 Å². The Kier molecular flexibility index (Phi) is 3.14. The Morgan fingerprint density at radius 2 is 1.93 bits per heavy atom. The molecule has 0 aliphatic heterocycles. The lowest BCUT2D eigenvalue weighted by atomic mass is 10.1. The number of methoxy groups -OCH3 is 1. The van der Waals surface area contributed by atoms with Crippen molar-refractivity contribution in [3.8, 4) is 11.8 Å². The van der Waals surface area contributed by atoms with Gasteiger partial charge in [-0.1, -0.05) is 0 Å². The topological polar surface area (TPSA) is 59.0 Å². The summed E-state index contributed by atoms with van der Waals surface area (Å²) < 4.78 is 5.01. The molecule has 2 N–H and O–H groups in total. The van der Waals surface area contributed by atoms with Gasteiger partial charge < -0.3 is 10.5 Å². The second kappa shape index (κ2) is 4.33. The van der Waals surface area contributed by atoms with E-state index < -0.39 is 0 Å². The van der Waals surface area contributed by atoms with Gasteiger partial charge >= 0.3 is 0 Å². The van der Waals surface area contributed by atoms with E-state index in [0.717, 1.165) is 11.3 Å². The summed E-state index contributed by atoms with van der Waals surface area (Å²) in [7, 11) is 1.61. The molecule has 0 bridgehead atoms. The molecule has 0 spiro atoms. The average Bonchev–Trinajstić information content (AvgIpc) is 2.27. The molecule has 1 rings (SSSR count). The summed E-state index contributed by atoms with van der Waals surface area (Å²) in [6.45, 7) is 1.69. The van der Waals surface area contributed by atoms with Gasteiger partial charge in [0, 0.05) is 5.57 Å². The number of nitrogens with two attached hydrogens (primary N) is 1. The van der Waals surface area contributed by atoms with Crippen LogP contribution in [0.3, 0.4) is 0 Å². The number of nitriles is 1. The first-order valence-electron chi connectivity index (χ1n) is 4.20. The lowest BCUT2D eigenvalue weighted by Gasteiger charge is -2.04. The van der Waals surface area contributed by atoms with Crippen LogP contribution in [0, 0.1) is 11.3 Å². The molecule has 0 fully saturated rings. The third-order valence-corrected chi connectivity index (χ3v) is 1.97. The molecule has 0 aliphatic carbocycles. The number of allylic oxidation sites excluding steroid dienone is 1. The molecule has 1 aromatic rings. The summed E-state index contributed by atoms with van der Waals surface area (Å²) in [4.78, 5) is 0. The molecule has 0 aliphatic rings. The van der Waals surface area contributed by atoms with E-state index >= 15 is 0 Å². The third-order valence-electron chi connectivity index (χ3n) is 1.97. The van der Waals surface area contributed by atoms with Gasteiger partial charge in [0.25, 0.3) is 0 Å². The summed E-state index contributed by atoms with van der Waals surface area (Å²) in [5.74, 6) is 0.774. The van der Waals surface area contributed by atoms with Crippen molar-refractivity contribution >= 4 is 5.70 Å². The van der Waals surface area contributed by atoms with Crippen LogP contribution in [0.5, 0.6) is 5.75 Å². The minimum Gasteiger partial charge on any atom is -0.497 e. The molecule has 0 aromatic heterocycles. The number of hydrogen-bond acceptors (Lipinski definition) is 3. The van der Waals surface area contributed by atoms with Crippen molar-refractivity contribution in [2.45, 2.75) is 6.92 Å². The SMILES string of the molecule is COc1ccc(/C(N)=C(\C)C#N)cc1. The van der Waals surface area contributed by atoms with Crippen LogP contribution < -0.4 is 10.5 Å². The molecule has 3 heteroatoms. The molecule has 0 unspecified atom stereocenters. The van der Waals surface area contributed by atoms with Gasteiger partial charge in [-0.3, -0.25) is 0 Å². The molecule has 0 saturated heterocycles. The van der Waals surface area contributed by atoms with Gasteiger partial charge in [0.2, 0.25) is 0 Å². The monoisotopic (exact) mass is 188 g/mol. The maximum Gasteiger partial charge on any atom is 0.118 e. The third kappa shape index (κ3) is 2.05. The molecule has 14 heavy (non-hydrogen) atoms. The molecular weight excluding hydrogens is 176 g/mol. The van der Waals surface area contributed by atoms with Crippen LogP contribution in [0.2, 0.25) is 0 Å². The Morgan fingerprint density at radius 3 is 2.36 bits per heavy atom. The highest BCUT2D eigenvalue weighted by atomic mass is 16.5. The zero-order valence-electron chi connectivity index (χ0n) is 8.24. The minimum absolute atomic E-state index is 0.509. The predicted molar refractivity (Wildman–Crippen MR) is 55.4 cm³/mol. The highest BCUT2D eigenvalue weighted by molar-refractivity contribution is 5.68. The molecule has 0 radical (unpaired) electrons. The highest BCUT2D eigenvalue weighted by Crippen LogP contribution is 2.17. The van der Waals surface area contributed by atoms with Crippen molar-refractivity contribution in [1.29, 1.82) is 5.26 Å². The van der Waals surface area contributed by atoms with E-state index in [2.05, 4.69) is 0 Å². The Labute approximate surface area is 83.4 Å². The summed E-state index contributed by atoms with van der Waals surface area (Å²) in [5, 5.41) is 8.65. The predicted octanol–water partition coefficient (Wildman–Crippen LogP) is 1.91. The normalized spacial score (nSPS) is 11.5. The number of nitrogens with zero attached hydrogens (tertiary/aromatic N) is 1. The van der Waals surface area contributed by atoms with Crippen molar-refractivity contribution in [3.63, 3.8) is 0 Å². The van der Waals surface area contributed by atoms with Gasteiger partial charge in [-0.05, 0) is 36.8 Å². The zero-order chi connectivity index (χ0) is 10.6. The average molecular weight is 188 g/mol. The molecule has 1 aromatic carbocycles. The number of benzene rings is 1. The van der Waals surface area contributed by atoms with Crippen LogP contribution in [-0.4, -0.2) is 7.11 Å². The number of rotatable bonds is 2. The quantitative estimate of drug-likeness (QED) is 0.721. The largest absolute Gasteiger partial charge is 0.497 e. The first-order valence-corrected chi connectivity index (χ1v) is 4.20. The molecule has 72 valence electrons. The van der Waals surface area contributed by atoms with Gasteiger partial charge in [0.1, 0.15) is 5.75 Å². The fraction of sp³-hybridized carbons (Fsp3) is 0.182. The molecule has 0 heterocycles. The Balaban J connectivity index is 3.05. The lowest BCUT2D eigenvalue weighted by Crippen LogP contribution is -1.98. The summed E-state index contributed by atoms with van der Waals surface area (Å²) in [6.07, 6.45) is 0. The molecule has 0 saturated carbocycles. The highest BCUT2D eigenvalue weighted by Gasteiger charge is 2.00. The standard InChI is InChI=1S/C11H12N2O/c1-8(7-12)11(13)9-3-5-10(14-2)6-4-9/h3-6H,13H2,1-2H3/b11-8-. The maximum absolute atomic E-state index is 8.65. The number of ether oxygens (including phenoxy) is 1. The fourth-order valence-electron chi connectivity index (χ4n) is 1.05. The summed E-state index contributed by atoms with van der Waals surface area (Å²) in [5.41, 5.74) is 7.63. The van der Waals surface area contributed by atoms with Crippen LogP contribution in [0.15, 0.2) is 29.8 Å². The van der Waals surface area contributed by atoms with Crippen molar-refractivity contribution in [2.24, 2.45) is 5.73 Å². The van der Waals surface area contributed by atoms with Gasteiger partial charge in [-0.15, -0.1) is 0 Å². The van der Waals surface area contributed by atoms with Crippen molar-refractivity contribution < 1.29 is 4.74 Å². The van der Waals surface area contributed by atoms with Gasteiger partial charge in [-0.25, -0.2) is 0 Å². The van der Waals surface area contributed by atoms with Crippen LogP contribution in [0.25, 0.3) is 5.70 Å². The molecule has 0 atom stereocenters. The lowest BCUT2D eigenvalue weighted by molar-refractivity contribution is 0.415. The van der Waals surface area contributed by atoms with E-state index in [0.29, 0.717) is 11.3 Å². The van der Waals surface area contributed by atoms with Crippen molar-refractivity contribution in [3.05, 3.63) is 35.4 Å². The maximum atomic E-state index is 8.65. The zero-order valence-corrected chi connectivity index (χ0v) is 8.24. The van der Waals surface area contributed by atoms with E-state index in [-0.39, 0.29) is 0 Å². The molecule has 0 amide bonds. The first-order chi connectivity index (χ1) is 6.69. The minimum atomic E-state index is 0.509. The summed E-state index contributed by atoms with van der Waals surface area (Å²) >= 11 is 0. The molecular formula is C11H12N2O. The Bertz CT molecular complexity index is 385. The van der Waals surface area contributed by atoms with Crippen molar-refractivity contribution in [1.82, 2.24) is 0 Å². The van der Waals surface area contributed by atoms with Gasteiger partial charge in [0.15, 0.2) is 0 Å². The molecule has 3 nitrogen and oxygen atoms in total. The smallest absolute Gasteiger partial charge is 0.118 e. The van der Waals surface area contributed by atoms with E-state index in [9.17, 15) is 0 Å². The van der Waals surface area contributed by atoms with Gasteiger partial charge in [-0.2, -0.15) is 5.26 Å². The fourth-order valence-corrected chi connectivity index (χ4v) is 1.05. The van der Waals surface area contributed by atoms with Crippen molar-refractivity contribution in [2.75, 3.05) is 7.11 Å².